The summed E-state index contributed by atoms with van der Waals surface area (Å²) in [4.78, 5) is 4.17. The van der Waals surface area contributed by atoms with E-state index < -0.39 is 30.1 Å². The Hall–Kier alpha value is -3.21. The predicted octanol–water partition coefficient (Wildman–Crippen LogP) is 4.15. The number of aliphatic hydroxyl groups is 1. The molecule has 3 aromatic rings. The molecule has 0 saturated heterocycles. The summed E-state index contributed by atoms with van der Waals surface area (Å²) in [5.74, 6) is 0.214. The Morgan fingerprint density at radius 3 is 2.30 bits per heavy atom. The summed E-state index contributed by atoms with van der Waals surface area (Å²) in [6, 6.07) is 7.21. The van der Waals surface area contributed by atoms with Gasteiger partial charge in [0, 0.05) is 11.1 Å². The van der Waals surface area contributed by atoms with Crippen molar-refractivity contribution < 1.29 is 31.4 Å². The van der Waals surface area contributed by atoms with E-state index in [9.17, 15) is 31.4 Å². The SMILES string of the molecule is OCc1nnc2n1-c1ccc(C(F)(F)F)cc1C(c1ccccc1C(F)(F)F)=NC2. The third kappa shape index (κ3) is 3.34. The fraction of sp³-hybridized carbons (Fsp3) is 0.211. The van der Waals surface area contributed by atoms with Crippen molar-refractivity contribution in [1.82, 2.24) is 14.8 Å². The molecule has 1 aliphatic rings. The molecule has 5 nitrogen and oxygen atoms in total. The van der Waals surface area contributed by atoms with Gasteiger partial charge in [0.15, 0.2) is 11.6 Å². The monoisotopic (exact) mass is 426 g/mol. The van der Waals surface area contributed by atoms with E-state index in [-0.39, 0.29) is 40.7 Å². The lowest BCUT2D eigenvalue weighted by Gasteiger charge is -2.18. The largest absolute Gasteiger partial charge is 0.417 e. The zero-order valence-electron chi connectivity index (χ0n) is 15.0. The van der Waals surface area contributed by atoms with E-state index in [0.29, 0.717) is 0 Å². The molecule has 30 heavy (non-hydrogen) atoms. The normalized spacial score (nSPS) is 14.0. The second kappa shape index (κ2) is 6.94. The summed E-state index contributed by atoms with van der Waals surface area (Å²) in [5.41, 5.74) is -2.74. The lowest BCUT2D eigenvalue weighted by molar-refractivity contribution is -0.138. The minimum Gasteiger partial charge on any atom is -0.388 e. The highest BCUT2D eigenvalue weighted by molar-refractivity contribution is 6.16. The van der Waals surface area contributed by atoms with Gasteiger partial charge >= 0.3 is 12.4 Å². The maximum atomic E-state index is 13.6. The Balaban J connectivity index is 2.03. The zero-order chi connectivity index (χ0) is 21.7. The molecule has 0 spiro atoms. The minimum absolute atomic E-state index is 0.0339. The van der Waals surface area contributed by atoms with E-state index in [4.69, 9.17) is 0 Å². The maximum absolute atomic E-state index is 13.6. The first-order valence-corrected chi connectivity index (χ1v) is 8.58. The Morgan fingerprint density at radius 1 is 0.900 bits per heavy atom. The highest BCUT2D eigenvalue weighted by Gasteiger charge is 2.37. The number of fused-ring (bicyclic) bond motifs is 3. The number of aliphatic hydroxyl groups excluding tert-OH is 1. The zero-order valence-corrected chi connectivity index (χ0v) is 15.0. The third-order valence-corrected chi connectivity index (χ3v) is 4.62. The lowest BCUT2D eigenvalue weighted by atomic mass is 9.94. The van der Waals surface area contributed by atoms with Crippen molar-refractivity contribution in [3.63, 3.8) is 0 Å². The van der Waals surface area contributed by atoms with Crippen LogP contribution < -0.4 is 0 Å². The first-order chi connectivity index (χ1) is 14.1. The van der Waals surface area contributed by atoms with Crippen LogP contribution in [0.5, 0.6) is 0 Å². The van der Waals surface area contributed by atoms with Gasteiger partial charge in [-0.05, 0) is 24.3 Å². The van der Waals surface area contributed by atoms with Crippen LogP contribution >= 0.6 is 0 Å². The molecule has 2 aromatic carbocycles. The number of benzene rings is 2. The second-order valence-corrected chi connectivity index (χ2v) is 6.46. The van der Waals surface area contributed by atoms with E-state index in [1.165, 1.54) is 16.7 Å². The Bertz CT molecular complexity index is 1150. The lowest BCUT2D eigenvalue weighted by Crippen LogP contribution is -2.17. The number of halogens is 6. The number of rotatable bonds is 2. The standard InChI is InChI=1S/C19H12F6N4O/c20-18(21,22)10-5-6-14-12(7-10)17(11-3-1-2-4-13(11)19(23,24)25)26-8-15-27-28-16(9-30)29(14)15/h1-7,30H,8-9H2. The molecular weight excluding hydrogens is 414 g/mol. The van der Waals surface area contributed by atoms with Gasteiger partial charge in [0.05, 0.1) is 22.5 Å². The van der Waals surface area contributed by atoms with Gasteiger partial charge in [-0.3, -0.25) is 9.56 Å². The van der Waals surface area contributed by atoms with Gasteiger partial charge < -0.3 is 5.11 Å². The molecule has 0 fully saturated rings. The van der Waals surface area contributed by atoms with Crippen molar-refractivity contribution in [2.45, 2.75) is 25.5 Å². The van der Waals surface area contributed by atoms with Crippen molar-refractivity contribution in [3.8, 4) is 5.69 Å². The molecule has 156 valence electrons. The van der Waals surface area contributed by atoms with Crippen LogP contribution in [0.2, 0.25) is 0 Å². The van der Waals surface area contributed by atoms with E-state index in [0.717, 1.165) is 30.3 Å². The highest BCUT2D eigenvalue weighted by atomic mass is 19.4. The summed E-state index contributed by atoms with van der Waals surface area (Å²) in [5, 5.41) is 17.2. The topological polar surface area (TPSA) is 63.3 Å². The number of hydrogen-bond donors (Lipinski definition) is 1. The summed E-state index contributed by atoms with van der Waals surface area (Å²) in [7, 11) is 0. The van der Waals surface area contributed by atoms with Gasteiger partial charge in [0.2, 0.25) is 0 Å². The van der Waals surface area contributed by atoms with Gasteiger partial charge in [-0.25, -0.2) is 0 Å². The molecule has 0 unspecified atom stereocenters. The number of hydrogen-bond acceptors (Lipinski definition) is 4. The van der Waals surface area contributed by atoms with E-state index in [1.54, 1.807) is 0 Å². The Kier molecular flexibility index (Phi) is 4.64. The van der Waals surface area contributed by atoms with Crippen LogP contribution in [0, 0.1) is 0 Å². The average Bonchev–Trinajstić information content (AvgIpc) is 3.02. The smallest absolute Gasteiger partial charge is 0.388 e. The first-order valence-electron chi connectivity index (χ1n) is 8.58. The second-order valence-electron chi connectivity index (χ2n) is 6.46. The van der Waals surface area contributed by atoms with Crippen LogP contribution in [0.3, 0.4) is 0 Å². The number of nitrogens with zero attached hydrogens (tertiary/aromatic N) is 4. The minimum atomic E-state index is -4.74. The van der Waals surface area contributed by atoms with E-state index >= 15 is 0 Å². The van der Waals surface area contributed by atoms with Gasteiger partial charge in [-0.2, -0.15) is 26.3 Å². The number of alkyl halides is 6. The van der Waals surface area contributed by atoms with Crippen LogP contribution in [0.15, 0.2) is 47.5 Å². The Morgan fingerprint density at radius 2 is 1.63 bits per heavy atom. The molecule has 0 atom stereocenters. The van der Waals surface area contributed by atoms with Gasteiger partial charge in [0.1, 0.15) is 13.2 Å². The molecule has 0 radical (unpaired) electrons. The quantitative estimate of drug-likeness (QED) is 0.627. The predicted molar refractivity (Wildman–Crippen MR) is 93.1 cm³/mol. The van der Waals surface area contributed by atoms with Crippen LogP contribution in [-0.4, -0.2) is 25.6 Å². The van der Waals surface area contributed by atoms with Crippen molar-refractivity contribution in [3.05, 3.63) is 76.4 Å². The van der Waals surface area contributed by atoms with Crippen molar-refractivity contribution >= 4 is 5.71 Å². The van der Waals surface area contributed by atoms with Gasteiger partial charge in [0.25, 0.3) is 0 Å². The fourth-order valence-electron chi connectivity index (χ4n) is 3.34. The molecule has 4 rings (SSSR count). The maximum Gasteiger partial charge on any atom is 0.417 e. The van der Waals surface area contributed by atoms with E-state index in [1.807, 2.05) is 0 Å². The molecule has 1 aliphatic heterocycles. The number of aliphatic imine (C=N–C) groups is 1. The van der Waals surface area contributed by atoms with Crippen molar-refractivity contribution in [2.24, 2.45) is 4.99 Å². The third-order valence-electron chi connectivity index (χ3n) is 4.62. The van der Waals surface area contributed by atoms with Crippen LogP contribution in [0.25, 0.3) is 5.69 Å². The molecular formula is C19H12F6N4O. The fourth-order valence-corrected chi connectivity index (χ4v) is 3.34. The van der Waals surface area contributed by atoms with Crippen LogP contribution in [0.1, 0.15) is 33.9 Å². The van der Waals surface area contributed by atoms with Crippen LogP contribution in [0.4, 0.5) is 26.3 Å². The Labute approximate surface area is 165 Å². The highest BCUT2D eigenvalue weighted by Crippen LogP contribution is 2.37. The molecule has 11 heteroatoms. The van der Waals surface area contributed by atoms with Crippen molar-refractivity contribution in [2.75, 3.05) is 0 Å². The van der Waals surface area contributed by atoms with Gasteiger partial charge in [-0.1, -0.05) is 18.2 Å². The molecule has 0 bridgehead atoms. The number of aromatic nitrogens is 3. The summed E-state index contributed by atoms with van der Waals surface area (Å²) < 4.78 is 82.1. The molecule has 0 saturated carbocycles. The molecule has 0 amide bonds. The van der Waals surface area contributed by atoms with Crippen LogP contribution in [-0.2, 0) is 25.5 Å². The molecule has 1 N–H and O–H groups in total. The molecule has 2 heterocycles. The summed E-state index contributed by atoms with van der Waals surface area (Å²) in [6.45, 7) is -0.799. The average molecular weight is 426 g/mol. The molecule has 0 aliphatic carbocycles. The van der Waals surface area contributed by atoms with Gasteiger partial charge in [-0.15, -0.1) is 10.2 Å². The summed E-state index contributed by atoms with van der Waals surface area (Å²) >= 11 is 0. The summed E-state index contributed by atoms with van der Waals surface area (Å²) in [6.07, 6.45) is -9.45. The first kappa shape index (κ1) is 20.1. The van der Waals surface area contributed by atoms with Crippen molar-refractivity contribution in [1.29, 1.82) is 0 Å². The molecule has 1 aromatic heterocycles. The van der Waals surface area contributed by atoms with E-state index in [2.05, 4.69) is 15.2 Å².